The lowest BCUT2D eigenvalue weighted by Gasteiger charge is -2.30. The lowest BCUT2D eigenvalue weighted by molar-refractivity contribution is -0.134. The molecule has 2 bridgehead atoms. The molecule has 0 N–H and O–H groups in total. The molecule has 3 atom stereocenters. The Morgan fingerprint density at radius 1 is 1.25 bits per heavy atom. The first-order chi connectivity index (χ1) is 11.5. The summed E-state index contributed by atoms with van der Waals surface area (Å²) in [4.78, 5) is 14.7. The first-order valence-electron chi connectivity index (χ1n) is 8.85. The highest BCUT2D eigenvalue weighted by atomic mass is 35.5. The number of fused-ring (bicyclic) bond motifs is 2. The number of hydrogen-bond donors (Lipinski definition) is 0. The second-order valence-corrected chi connectivity index (χ2v) is 7.91. The van der Waals surface area contributed by atoms with E-state index in [0.29, 0.717) is 28.5 Å². The molecule has 1 amide bonds. The fourth-order valence-electron chi connectivity index (χ4n) is 3.87. The first-order valence-corrected chi connectivity index (χ1v) is 9.23. The zero-order valence-corrected chi connectivity index (χ0v) is 15.2. The molecule has 1 fully saturated rings. The topological polar surface area (TPSA) is 29.5 Å². The first kappa shape index (κ1) is 17.3. The van der Waals surface area contributed by atoms with Gasteiger partial charge in [-0.2, -0.15) is 0 Å². The summed E-state index contributed by atoms with van der Waals surface area (Å²) >= 11 is 5.87. The summed E-state index contributed by atoms with van der Waals surface area (Å²) in [6, 6.07) is 7.13. The Morgan fingerprint density at radius 2 is 2.00 bits per heavy atom. The van der Waals surface area contributed by atoms with Crippen LogP contribution in [0.3, 0.4) is 0 Å². The summed E-state index contributed by atoms with van der Waals surface area (Å²) in [7, 11) is 0. The molecule has 0 heterocycles. The maximum Gasteiger partial charge on any atom is 0.260 e. The summed E-state index contributed by atoms with van der Waals surface area (Å²) in [5.41, 5.74) is 0. The molecule has 3 unspecified atom stereocenters. The molecule has 2 aliphatic rings. The van der Waals surface area contributed by atoms with Crippen LogP contribution < -0.4 is 4.74 Å². The molecule has 1 saturated carbocycles. The van der Waals surface area contributed by atoms with Crippen molar-refractivity contribution in [1.29, 1.82) is 0 Å². The van der Waals surface area contributed by atoms with E-state index in [1.165, 1.54) is 12.8 Å². The number of rotatable bonds is 7. The number of carbonyl (C=O) groups excluding carboxylic acids is 1. The molecule has 4 heteroatoms. The van der Waals surface area contributed by atoms with Crippen molar-refractivity contribution in [2.75, 3.05) is 19.7 Å². The molecule has 3 rings (SSSR count). The number of halogens is 1. The standard InChI is InChI=1S/C20H26ClNO2/c1-14(2)11-22(12-17-10-15-3-4-16(17)9-15)20(23)13-24-19-7-5-18(21)6-8-19/h3-8,14-17H,9-13H2,1-2H3. The maximum atomic E-state index is 12.7. The van der Waals surface area contributed by atoms with Gasteiger partial charge < -0.3 is 9.64 Å². The molecular formula is C20H26ClNO2. The van der Waals surface area contributed by atoms with Gasteiger partial charge in [0.1, 0.15) is 5.75 Å². The third kappa shape index (κ3) is 4.32. The highest BCUT2D eigenvalue weighted by Crippen LogP contribution is 2.43. The van der Waals surface area contributed by atoms with Gasteiger partial charge in [-0.05, 0) is 60.8 Å². The van der Waals surface area contributed by atoms with Crippen molar-refractivity contribution in [1.82, 2.24) is 4.90 Å². The van der Waals surface area contributed by atoms with Gasteiger partial charge in [-0.3, -0.25) is 4.79 Å². The van der Waals surface area contributed by atoms with Crippen LogP contribution in [0, 0.1) is 23.7 Å². The van der Waals surface area contributed by atoms with Gasteiger partial charge in [0.2, 0.25) is 0 Å². The monoisotopic (exact) mass is 347 g/mol. The molecule has 0 aromatic heterocycles. The molecule has 0 saturated heterocycles. The Kier molecular flexibility index (Phi) is 5.50. The van der Waals surface area contributed by atoms with E-state index in [1.807, 2.05) is 4.90 Å². The Bertz CT molecular complexity index is 596. The maximum absolute atomic E-state index is 12.7. The number of benzene rings is 1. The van der Waals surface area contributed by atoms with E-state index in [2.05, 4.69) is 26.0 Å². The molecule has 0 radical (unpaired) electrons. The lowest BCUT2D eigenvalue weighted by atomic mass is 9.93. The third-order valence-corrected chi connectivity index (χ3v) is 5.24. The Morgan fingerprint density at radius 3 is 2.58 bits per heavy atom. The van der Waals surface area contributed by atoms with Crippen molar-refractivity contribution in [3.05, 3.63) is 41.4 Å². The molecule has 1 aromatic carbocycles. The predicted molar refractivity (Wildman–Crippen MR) is 97.2 cm³/mol. The van der Waals surface area contributed by atoms with E-state index in [4.69, 9.17) is 16.3 Å². The van der Waals surface area contributed by atoms with Gasteiger partial charge in [0.15, 0.2) is 6.61 Å². The smallest absolute Gasteiger partial charge is 0.260 e. The van der Waals surface area contributed by atoms with Crippen molar-refractivity contribution in [3.8, 4) is 5.75 Å². The van der Waals surface area contributed by atoms with Crippen molar-refractivity contribution in [2.45, 2.75) is 26.7 Å². The van der Waals surface area contributed by atoms with Gasteiger partial charge >= 0.3 is 0 Å². The second-order valence-electron chi connectivity index (χ2n) is 7.48. The fourth-order valence-corrected chi connectivity index (χ4v) is 4.00. The largest absolute Gasteiger partial charge is 0.484 e. The SMILES string of the molecule is CC(C)CN(CC1CC2C=CC1C2)C(=O)COc1ccc(Cl)cc1. The van der Waals surface area contributed by atoms with E-state index in [0.717, 1.165) is 19.0 Å². The molecule has 1 aromatic rings. The summed E-state index contributed by atoms with van der Waals surface area (Å²) in [6.07, 6.45) is 7.19. The Hall–Kier alpha value is -1.48. The quantitative estimate of drug-likeness (QED) is 0.683. The highest BCUT2D eigenvalue weighted by molar-refractivity contribution is 6.30. The highest BCUT2D eigenvalue weighted by Gasteiger charge is 2.37. The van der Waals surface area contributed by atoms with Gasteiger partial charge in [-0.25, -0.2) is 0 Å². The van der Waals surface area contributed by atoms with Crippen LogP contribution in [0.25, 0.3) is 0 Å². The van der Waals surface area contributed by atoms with Crippen LogP contribution in [-0.4, -0.2) is 30.5 Å². The van der Waals surface area contributed by atoms with Gasteiger partial charge in [0.25, 0.3) is 5.91 Å². The summed E-state index contributed by atoms with van der Waals surface area (Å²) in [6.45, 7) is 6.04. The number of hydrogen-bond acceptors (Lipinski definition) is 2. The van der Waals surface area contributed by atoms with Crippen LogP contribution in [0.4, 0.5) is 0 Å². The summed E-state index contributed by atoms with van der Waals surface area (Å²) in [5.74, 6) is 3.22. The van der Waals surface area contributed by atoms with Crippen molar-refractivity contribution < 1.29 is 9.53 Å². The molecule has 130 valence electrons. The van der Waals surface area contributed by atoms with E-state index in [9.17, 15) is 4.79 Å². The minimum absolute atomic E-state index is 0.0744. The van der Waals surface area contributed by atoms with Crippen LogP contribution in [0.15, 0.2) is 36.4 Å². The van der Waals surface area contributed by atoms with Gasteiger partial charge in [0, 0.05) is 18.1 Å². The number of carbonyl (C=O) groups is 1. The van der Waals surface area contributed by atoms with Gasteiger partial charge in [0.05, 0.1) is 0 Å². The van der Waals surface area contributed by atoms with Crippen LogP contribution in [0.1, 0.15) is 26.7 Å². The molecule has 2 aliphatic carbocycles. The van der Waals surface area contributed by atoms with Crippen molar-refractivity contribution in [3.63, 3.8) is 0 Å². The van der Waals surface area contributed by atoms with Crippen molar-refractivity contribution >= 4 is 17.5 Å². The number of nitrogens with zero attached hydrogens (tertiary/aromatic N) is 1. The number of allylic oxidation sites excluding steroid dienone is 2. The van der Waals surface area contributed by atoms with Crippen LogP contribution in [0.2, 0.25) is 5.02 Å². The zero-order valence-electron chi connectivity index (χ0n) is 14.5. The second kappa shape index (κ2) is 7.60. The molecule has 0 spiro atoms. The summed E-state index contributed by atoms with van der Waals surface area (Å²) < 4.78 is 5.65. The molecule has 3 nitrogen and oxygen atoms in total. The van der Waals surface area contributed by atoms with Gasteiger partial charge in [-0.1, -0.05) is 37.6 Å². The normalized spacial score (nSPS) is 24.6. The minimum atomic E-state index is 0.0744. The average Bonchev–Trinajstić information content (AvgIpc) is 3.16. The molecule has 0 aliphatic heterocycles. The summed E-state index contributed by atoms with van der Waals surface area (Å²) in [5, 5.41) is 0.666. The fraction of sp³-hybridized carbons (Fsp3) is 0.550. The van der Waals surface area contributed by atoms with Gasteiger partial charge in [-0.15, -0.1) is 0 Å². The molecular weight excluding hydrogens is 322 g/mol. The van der Waals surface area contributed by atoms with Crippen LogP contribution in [0.5, 0.6) is 5.75 Å². The molecule has 24 heavy (non-hydrogen) atoms. The average molecular weight is 348 g/mol. The lowest BCUT2D eigenvalue weighted by Crippen LogP contribution is -2.41. The Balaban J connectivity index is 1.56. The Labute approximate surface area is 149 Å². The van der Waals surface area contributed by atoms with E-state index >= 15 is 0 Å². The van der Waals surface area contributed by atoms with Crippen LogP contribution >= 0.6 is 11.6 Å². The van der Waals surface area contributed by atoms with E-state index < -0.39 is 0 Å². The minimum Gasteiger partial charge on any atom is -0.484 e. The van der Waals surface area contributed by atoms with Crippen molar-refractivity contribution in [2.24, 2.45) is 23.7 Å². The number of amides is 1. The number of ether oxygens (including phenoxy) is 1. The van der Waals surface area contributed by atoms with E-state index in [-0.39, 0.29) is 12.5 Å². The predicted octanol–water partition coefficient (Wildman–Crippen LogP) is 4.42. The van der Waals surface area contributed by atoms with Crippen LogP contribution in [-0.2, 0) is 4.79 Å². The zero-order chi connectivity index (χ0) is 17.1. The third-order valence-electron chi connectivity index (χ3n) is 4.99. The van der Waals surface area contributed by atoms with E-state index in [1.54, 1.807) is 24.3 Å².